The van der Waals surface area contributed by atoms with E-state index >= 15 is 0 Å². The van der Waals surface area contributed by atoms with Gasteiger partial charge in [0.15, 0.2) is 0 Å². The molecule has 0 spiro atoms. The molecule has 0 heterocycles. The number of hydrogen-bond acceptors (Lipinski definition) is 2. The fraction of sp³-hybridized carbons (Fsp3) is 0.632. The van der Waals surface area contributed by atoms with Crippen LogP contribution in [0, 0.1) is 11.8 Å². The molecule has 0 aliphatic heterocycles. The van der Waals surface area contributed by atoms with Crippen molar-refractivity contribution in [3.63, 3.8) is 0 Å². The molecule has 0 unspecified atom stereocenters. The Hall–Kier alpha value is -1.36. The standard InChI is InChI=1S/C19H28N2O2S/c1-21(13-14-8-10-16(11-9-14)24(2)23)19(22)20-18-12-17(18)15-6-4-3-5-7-15/h8-11,15,17-18H,3-7,12-13H2,1-2H3,(H,20,22)/t17-,18-,24-/m1/s1. The second-order valence-corrected chi connectivity index (χ2v) is 8.69. The van der Waals surface area contributed by atoms with Crippen LogP contribution in [-0.4, -0.2) is 34.5 Å². The lowest BCUT2D eigenvalue weighted by atomic mass is 9.85. The largest absolute Gasteiger partial charge is 0.335 e. The van der Waals surface area contributed by atoms with Crippen LogP contribution >= 0.6 is 0 Å². The van der Waals surface area contributed by atoms with Crippen LogP contribution in [0.15, 0.2) is 29.2 Å². The van der Waals surface area contributed by atoms with Gasteiger partial charge in [-0.15, -0.1) is 0 Å². The minimum absolute atomic E-state index is 0.0152. The molecule has 0 saturated heterocycles. The number of carbonyl (C=O) groups excluding carboxylic acids is 1. The first-order chi connectivity index (χ1) is 11.5. The molecular weight excluding hydrogens is 320 g/mol. The first-order valence-electron chi connectivity index (χ1n) is 8.98. The van der Waals surface area contributed by atoms with Gasteiger partial charge in [-0.05, 0) is 36.0 Å². The van der Waals surface area contributed by atoms with Crippen molar-refractivity contribution in [1.29, 1.82) is 0 Å². The van der Waals surface area contributed by atoms with Gasteiger partial charge >= 0.3 is 6.03 Å². The predicted molar refractivity (Wildman–Crippen MR) is 97.2 cm³/mol. The third kappa shape index (κ3) is 4.38. The maximum atomic E-state index is 12.4. The van der Waals surface area contributed by atoms with Crippen LogP contribution in [0.1, 0.15) is 44.1 Å². The van der Waals surface area contributed by atoms with Crippen molar-refractivity contribution in [3.8, 4) is 0 Å². The molecule has 4 nitrogen and oxygen atoms in total. The number of benzene rings is 1. The van der Waals surface area contributed by atoms with Crippen molar-refractivity contribution in [2.45, 2.75) is 56.0 Å². The lowest BCUT2D eigenvalue weighted by Crippen LogP contribution is -2.39. The van der Waals surface area contributed by atoms with E-state index in [4.69, 9.17) is 0 Å². The monoisotopic (exact) mass is 348 g/mol. The smallest absolute Gasteiger partial charge is 0.317 e. The molecule has 3 rings (SSSR count). The van der Waals surface area contributed by atoms with E-state index in [0.717, 1.165) is 22.8 Å². The van der Waals surface area contributed by atoms with E-state index < -0.39 is 10.8 Å². The van der Waals surface area contributed by atoms with Gasteiger partial charge in [0, 0.05) is 41.6 Å². The highest BCUT2D eigenvalue weighted by atomic mass is 32.2. The molecular formula is C19H28N2O2S. The number of carbonyl (C=O) groups is 1. The Morgan fingerprint density at radius 1 is 1.21 bits per heavy atom. The van der Waals surface area contributed by atoms with Gasteiger partial charge in [-0.25, -0.2) is 4.79 Å². The Morgan fingerprint density at radius 3 is 2.50 bits per heavy atom. The summed E-state index contributed by atoms with van der Waals surface area (Å²) in [7, 11) is 0.875. The minimum Gasteiger partial charge on any atom is -0.335 e. The Bertz CT molecular complexity index is 596. The predicted octanol–water partition coefficient (Wildman–Crippen LogP) is 3.53. The lowest BCUT2D eigenvalue weighted by Gasteiger charge is -2.22. The van der Waals surface area contributed by atoms with Gasteiger partial charge in [-0.1, -0.05) is 44.2 Å². The normalized spacial score (nSPS) is 25.1. The molecule has 2 saturated carbocycles. The molecule has 2 amide bonds. The first kappa shape index (κ1) is 17.5. The number of urea groups is 1. The molecule has 2 fully saturated rings. The minimum atomic E-state index is -0.958. The Morgan fingerprint density at radius 2 is 1.88 bits per heavy atom. The van der Waals surface area contributed by atoms with E-state index in [1.54, 1.807) is 11.2 Å². The van der Waals surface area contributed by atoms with Crippen molar-refractivity contribution >= 4 is 16.8 Å². The fourth-order valence-electron chi connectivity index (χ4n) is 3.86. The number of rotatable bonds is 5. The zero-order valence-electron chi connectivity index (χ0n) is 14.7. The highest BCUT2D eigenvalue weighted by Crippen LogP contribution is 2.44. The fourth-order valence-corrected chi connectivity index (χ4v) is 4.38. The molecule has 132 valence electrons. The summed E-state index contributed by atoms with van der Waals surface area (Å²) in [5.41, 5.74) is 1.06. The second kappa shape index (κ2) is 7.68. The zero-order chi connectivity index (χ0) is 17.1. The molecule has 0 aromatic heterocycles. The Kier molecular flexibility index (Phi) is 5.59. The summed E-state index contributed by atoms with van der Waals surface area (Å²) in [6.45, 7) is 0.573. The van der Waals surface area contributed by atoms with Crippen molar-refractivity contribution in [2.24, 2.45) is 11.8 Å². The average Bonchev–Trinajstić information content (AvgIpc) is 3.35. The summed E-state index contributed by atoms with van der Waals surface area (Å²) < 4.78 is 11.4. The van der Waals surface area contributed by atoms with Gasteiger partial charge in [0.05, 0.1) is 0 Å². The maximum absolute atomic E-state index is 12.4. The van der Waals surface area contributed by atoms with Crippen LogP contribution in [0.2, 0.25) is 0 Å². The molecule has 24 heavy (non-hydrogen) atoms. The van der Waals surface area contributed by atoms with E-state index in [0.29, 0.717) is 18.5 Å². The summed E-state index contributed by atoms with van der Waals surface area (Å²) in [5.74, 6) is 1.54. The number of hydrogen-bond donors (Lipinski definition) is 1. The Labute approximate surface area is 147 Å². The number of nitrogens with zero attached hydrogens (tertiary/aromatic N) is 1. The van der Waals surface area contributed by atoms with E-state index in [2.05, 4.69) is 5.32 Å². The van der Waals surface area contributed by atoms with Crippen LogP contribution < -0.4 is 5.32 Å². The summed E-state index contributed by atoms with van der Waals surface area (Å²) in [6.07, 6.45) is 9.62. The van der Waals surface area contributed by atoms with E-state index in [9.17, 15) is 9.00 Å². The van der Waals surface area contributed by atoms with Gasteiger partial charge in [0.2, 0.25) is 0 Å². The molecule has 3 atom stereocenters. The lowest BCUT2D eigenvalue weighted by molar-refractivity contribution is 0.204. The Balaban J connectivity index is 1.46. The highest BCUT2D eigenvalue weighted by Gasteiger charge is 2.44. The van der Waals surface area contributed by atoms with Crippen LogP contribution in [0.4, 0.5) is 4.79 Å². The maximum Gasteiger partial charge on any atom is 0.317 e. The van der Waals surface area contributed by atoms with Gasteiger partial charge in [-0.3, -0.25) is 4.21 Å². The van der Waals surface area contributed by atoms with Crippen molar-refractivity contribution in [3.05, 3.63) is 29.8 Å². The topological polar surface area (TPSA) is 49.4 Å². The van der Waals surface area contributed by atoms with E-state index in [-0.39, 0.29) is 6.03 Å². The summed E-state index contributed by atoms with van der Waals surface area (Å²) in [6, 6.07) is 8.04. The quantitative estimate of drug-likeness (QED) is 0.885. The summed E-state index contributed by atoms with van der Waals surface area (Å²) in [5, 5.41) is 3.19. The summed E-state index contributed by atoms with van der Waals surface area (Å²) >= 11 is 0. The van der Waals surface area contributed by atoms with Crippen molar-refractivity contribution < 1.29 is 9.00 Å². The van der Waals surface area contributed by atoms with Crippen molar-refractivity contribution in [1.82, 2.24) is 10.2 Å². The van der Waals surface area contributed by atoms with Crippen molar-refractivity contribution in [2.75, 3.05) is 13.3 Å². The molecule has 5 heteroatoms. The van der Waals surface area contributed by atoms with Crippen LogP contribution in [0.5, 0.6) is 0 Å². The number of amides is 2. The molecule has 1 aromatic carbocycles. The number of nitrogens with one attached hydrogen (secondary N) is 1. The molecule has 0 bridgehead atoms. The van der Waals surface area contributed by atoms with Gasteiger partial charge in [0.1, 0.15) is 0 Å². The van der Waals surface area contributed by atoms with E-state index in [1.165, 1.54) is 32.1 Å². The third-order valence-electron chi connectivity index (χ3n) is 5.43. The third-order valence-corrected chi connectivity index (χ3v) is 6.36. The zero-order valence-corrected chi connectivity index (χ0v) is 15.5. The van der Waals surface area contributed by atoms with Gasteiger partial charge in [0.25, 0.3) is 0 Å². The summed E-state index contributed by atoms with van der Waals surface area (Å²) in [4.78, 5) is 14.9. The van der Waals surface area contributed by atoms with Gasteiger partial charge < -0.3 is 10.2 Å². The SMILES string of the molecule is CN(Cc1ccc([S@@](C)=O)cc1)C(=O)N[C@@H]1C[C@@H]1C1CCCCC1. The first-order valence-corrected chi connectivity index (χ1v) is 10.5. The van der Waals surface area contributed by atoms with E-state index in [1.807, 2.05) is 31.3 Å². The highest BCUT2D eigenvalue weighted by molar-refractivity contribution is 7.84. The average molecular weight is 349 g/mol. The van der Waals surface area contributed by atoms with Gasteiger partial charge in [-0.2, -0.15) is 0 Å². The molecule has 2 aliphatic carbocycles. The van der Waals surface area contributed by atoms with Crippen LogP contribution in [-0.2, 0) is 17.3 Å². The van der Waals surface area contributed by atoms with Crippen LogP contribution in [0.25, 0.3) is 0 Å². The second-order valence-electron chi connectivity index (χ2n) is 7.31. The van der Waals surface area contributed by atoms with Crippen LogP contribution in [0.3, 0.4) is 0 Å². The molecule has 2 aliphatic rings. The molecule has 1 N–H and O–H groups in total. The molecule has 1 aromatic rings. The molecule has 0 radical (unpaired) electrons.